The van der Waals surface area contributed by atoms with E-state index >= 15 is 0 Å². The fourth-order valence-corrected chi connectivity index (χ4v) is 4.62. The summed E-state index contributed by atoms with van der Waals surface area (Å²) in [4.78, 5) is 0. The van der Waals surface area contributed by atoms with Crippen LogP contribution in [0.2, 0.25) is 12.1 Å². The molecule has 0 heterocycles. The van der Waals surface area contributed by atoms with Crippen LogP contribution in [0, 0.1) is 0 Å². The Morgan fingerprint density at radius 1 is 0.929 bits per heavy atom. The third kappa shape index (κ3) is 5.75. The summed E-state index contributed by atoms with van der Waals surface area (Å²) in [6.45, 7) is 10.1. The van der Waals surface area contributed by atoms with Gasteiger partial charge in [-0.3, -0.25) is 0 Å². The Bertz CT molecular complexity index is 117. The molecule has 0 aliphatic rings. The fourth-order valence-electron chi connectivity index (χ4n) is 1.54. The Morgan fingerprint density at radius 3 is 1.71 bits per heavy atom. The number of unbranched alkanes of at least 4 members (excludes halogenated alkanes) is 1. The monoisotopic (exact) mass is 221 g/mol. The quantitative estimate of drug-likeness (QED) is 0.638. The molecule has 0 amide bonds. The van der Waals surface area contributed by atoms with Crippen LogP contribution in [0.4, 0.5) is 0 Å². The van der Waals surface area contributed by atoms with Crippen LogP contribution in [0.3, 0.4) is 0 Å². The number of hydrogen-bond acceptors (Lipinski definition) is 3. The highest BCUT2D eigenvalue weighted by Crippen LogP contribution is 2.21. The molecule has 14 heavy (non-hydrogen) atoms. The van der Waals surface area contributed by atoms with Gasteiger partial charge in [0.15, 0.2) is 0 Å². The minimum atomic E-state index is -1.79. The third-order valence-electron chi connectivity index (χ3n) is 2.26. The van der Waals surface area contributed by atoms with E-state index in [1.807, 2.05) is 0 Å². The summed E-state index contributed by atoms with van der Waals surface area (Å²) in [6, 6.07) is 2.23. The Hall–Kier alpha value is 0.0969. The Balaban J connectivity index is 0. The average Bonchev–Trinajstić information content (AvgIpc) is 2.15. The predicted molar refractivity (Wildman–Crippen MR) is 64.2 cm³/mol. The van der Waals surface area contributed by atoms with E-state index in [1.165, 1.54) is 12.8 Å². The van der Waals surface area contributed by atoms with E-state index in [9.17, 15) is 0 Å². The van der Waals surface area contributed by atoms with Crippen LogP contribution in [-0.4, -0.2) is 21.8 Å². The van der Waals surface area contributed by atoms with Crippen molar-refractivity contribution in [3.63, 3.8) is 0 Å². The molecule has 0 radical (unpaired) electrons. The largest absolute Gasteiger partial charge is 0.394 e. The molecule has 0 saturated carbocycles. The van der Waals surface area contributed by atoms with E-state index in [4.69, 9.17) is 8.85 Å². The van der Waals surface area contributed by atoms with Gasteiger partial charge in [-0.05, 0) is 25.9 Å². The van der Waals surface area contributed by atoms with Gasteiger partial charge in [-0.1, -0.05) is 26.7 Å². The van der Waals surface area contributed by atoms with Crippen molar-refractivity contribution < 1.29 is 8.85 Å². The smallest absolute Gasteiger partial charge is 0.337 e. The van der Waals surface area contributed by atoms with Gasteiger partial charge in [0.25, 0.3) is 0 Å². The molecule has 0 saturated heterocycles. The molecule has 3 N–H and O–H groups in total. The van der Waals surface area contributed by atoms with Gasteiger partial charge in [-0.25, -0.2) is 0 Å². The molecule has 0 bridgehead atoms. The van der Waals surface area contributed by atoms with Gasteiger partial charge < -0.3 is 15.0 Å². The lowest BCUT2D eigenvalue weighted by Gasteiger charge is -2.28. The normalized spacial score (nSPS) is 11.1. The molecule has 0 fully saturated rings. The number of hydrogen-bond donors (Lipinski definition) is 1. The lowest BCUT2D eigenvalue weighted by molar-refractivity contribution is 0.182. The Kier molecular flexibility index (Phi) is 11.4. The summed E-state index contributed by atoms with van der Waals surface area (Å²) in [5.74, 6) is 0. The van der Waals surface area contributed by atoms with Crippen LogP contribution in [0.15, 0.2) is 0 Å². The Morgan fingerprint density at radius 2 is 1.43 bits per heavy atom. The summed E-state index contributed by atoms with van der Waals surface area (Å²) in [5.41, 5.74) is 0. The molecule has 0 aromatic rings. The van der Waals surface area contributed by atoms with Gasteiger partial charge in [0.1, 0.15) is 0 Å². The average molecular weight is 221 g/mol. The summed E-state index contributed by atoms with van der Waals surface area (Å²) in [6.07, 6.45) is 2.47. The highest BCUT2D eigenvalue weighted by molar-refractivity contribution is 6.67. The molecule has 0 aromatic carbocycles. The summed E-state index contributed by atoms with van der Waals surface area (Å²) < 4.78 is 11.7. The van der Waals surface area contributed by atoms with E-state index < -0.39 is 8.56 Å². The first-order chi connectivity index (χ1) is 6.24. The van der Waals surface area contributed by atoms with Crippen LogP contribution in [0.5, 0.6) is 0 Å². The van der Waals surface area contributed by atoms with Gasteiger partial charge in [-0.2, -0.15) is 0 Å². The molecule has 3 nitrogen and oxygen atoms in total. The van der Waals surface area contributed by atoms with Crippen LogP contribution in [0.25, 0.3) is 0 Å². The molecule has 88 valence electrons. The highest BCUT2D eigenvalue weighted by Gasteiger charge is 2.33. The molecular weight excluding hydrogens is 194 g/mol. The van der Waals surface area contributed by atoms with E-state index in [0.717, 1.165) is 25.3 Å². The minimum Gasteiger partial charge on any atom is -0.394 e. The van der Waals surface area contributed by atoms with Crippen molar-refractivity contribution in [2.24, 2.45) is 0 Å². The van der Waals surface area contributed by atoms with Crippen molar-refractivity contribution >= 4 is 8.56 Å². The summed E-state index contributed by atoms with van der Waals surface area (Å²) in [5, 5.41) is 0. The van der Waals surface area contributed by atoms with Crippen LogP contribution >= 0.6 is 0 Å². The molecule has 0 aliphatic carbocycles. The molecule has 0 aromatic heterocycles. The first-order valence-corrected chi connectivity index (χ1v) is 7.75. The minimum absolute atomic E-state index is 0. The maximum absolute atomic E-state index is 5.84. The van der Waals surface area contributed by atoms with Crippen LogP contribution in [0.1, 0.15) is 40.5 Å². The predicted octanol–water partition coefficient (Wildman–Crippen LogP) is 3.48. The maximum Gasteiger partial charge on any atom is 0.337 e. The van der Waals surface area contributed by atoms with E-state index in [0.29, 0.717) is 0 Å². The topological polar surface area (TPSA) is 53.5 Å². The zero-order chi connectivity index (χ0) is 10.2. The molecular formula is C10H27NO2Si. The van der Waals surface area contributed by atoms with E-state index in [2.05, 4.69) is 27.7 Å². The molecule has 0 atom stereocenters. The first-order valence-electron chi connectivity index (χ1n) is 5.52. The summed E-state index contributed by atoms with van der Waals surface area (Å²) >= 11 is 0. The molecule has 0 aliphatic heterocycles. The first kappa shape index (κ1) is 16.5. The summed E-state index contributed by atoms with van der Waals surface area (Å²) in [7, 11) is -1.79. The second-order valence-corrected chi connectivity index (χ2v) is 6.84. The van der Waals surface area contributed by atoms with Crippen molar-refractivity contribution in [3.05, 3.63) is 0 Å². The molecule has 0 spiro atoms. The molecule has 0 rings (SSSR count). The fraction of sp³-hybridized carbons (Fsp3) is 1.00. The van der Waals surface area contributed by atoms with Crippen molar-refractivity contribution in [1.29, 1.82) is 0 Å². The van der Waals surface area contributed by atoms with Gasteiger partial charge in [-0.15, -0.1) is 0 Å². The second-order valence-electron chi connectivity index (χ2n) is 3.23. The number of rotatable bonds is 8. The van der Waals surface area contributed by atoms with Gasteiger partial charge in [0, 0.05) is 13.2 Å². The third-order valence-corrected chi connectivity index (χ3v) is 6.09. The van der Waals surface area contributed by atoms with Gasteiger partial charge in [0.05, 0.1) is 0 Å². The zero-order valence-corrected chi connectivity index (χ0v) is 11.3. The highest BCUT2D eigenvalue weighted by atomic mass is 28.4. The van der Waals surface area contributed by atoms with Crippen LogP contribution < -0.4 is 6.15 Å². The molecule has 4 heteroatoms. The van der Waals surface area contributed by atoms with Gasteiger partial charge >= 0.3 is 8.56 Å². The van der Waals surface area contributed by atoms with Crippen molar-refractivity contribution in [1.82, 2.24) is 6.15 Å². The standard InChI is InChI=1S/C10H24O2Si.H3N/c1-5-9-10-13(8-4,11-6-2)12-7-3;/h5-10H2,1-4H3;1H3. The SMILES string of the molecule is CCCC[Si](CC)(OCC)OCC.N. The molecule has 0 unspecified atom stereocenters. The lowest BCUT2D eigenvalue weighted by atomic mass is 10.4. The van der Waals surface area contributed by atoms with E-state index in [1.54, 1.807) is 0 Å². The maximum atomic E-state index is 5.84. The van der Waals surface area contributed by atoms with Crippen molar-refractivity contribution in [2.75, 3.05) is 13.2 Å². The van der Waals surface area contributed by atoms with Crippen molar-refractivity contribution in [2.45, 2.75) is 52.6 Å². The second kappa shape index (κ2) is 9.64. The lowest BCUT2D eigenvalue weighted by Crippen LogP contribution is -2.41. The zero-order valence-electron chi connectivity index (χ0n) is 10.3. The van der Waals surface area contributed by atoms with Crippen LogP contribution in [-0.2, 0) is 8.85 Å². The Labute approximate surface area is 90.0 Å². The van der Waals surface area contributed by atoms with Gasteiger partial charge in [0.2, 0.25) is 0 Å². The van der Waals surface area contributed by atoms with E-state index in [-0.39, 0.29) is 6.15 Å². The van der Waals surface area contributed by atoms with Crippen molar-refractivity contribution in [3.8, 4) is 0 Å².